The van der Waals surface area contributed by atoms with Crippen LogP contribution in [-0.2, 0) is 7.05 Å². The molecule has 2 aromatic heterocycles. The summed E-state index contributed by atoms with van der Waals surface area (Å²) in [6.45, 7) is 1.89. The van der Waals surface area contributed by atoms with E-state index in [1.165, 1.54) is 6.20 Å². The molecule has 0 unspecified atom stereocenters. The Morgan fingerprint density at radius 2 is 2.19 bits per heavy atom. The molecule has 5 heteroatoms. The molecule has 2 rings (SSSR count). The Labute approximate surface area is 92.4 Å². The first-order chi connectivity index (χ1) is 7.61. The third-order valence-electron chi connectivity index (χ3n) is 2.54. The highest BCUT2D eigenvalue weighted by Crippen LogP contribution is 2.24. The van der Waals surface area contributed by atoms with Crippen molar-refractivity contribution in [2.24, 2.45) is 7.05 Å². The molecule has 0 atom stereocenters. The highest BCUT2D eigenvalue weighted by molar-refractivity contribution is 5.94. The van der Waals surface area contributed by atoms with Crippen molar-refractivity contribution in [3.8, 4) is 11.1 Å². The second-order valence-electron chi connectivity index (χ2n) is 3.47. The van der Waals surface area contributed by atoms with E-state index in [1.54, 1.807) is 23.0 Å². The van der Waals surface area contributed by atoms with Gasteiger partial charge in [0.1, 0.15) is 0 Å². The summed E-state index contributed by atoms with van der Waals surface area (Å²) in [5.41, 5.74) is 2.36. The van der Waals surface area contributed by atoms with Crippen LogP contribution in [0.1, 0.15) is 16.2 Å². The van der Waals surface area contributed by atoms with E-state index in [0.29, 0.717) is 5.56 Å². The largest absolute Gasteiger partial charge is 0.476 e. The first-order valence-electron chi connectivity index (χ1n) is 4.78. The molecule has 82 valence electrons. The van der Waals surface area contributed by atoms with Gasteiger partial charge >= 0.3 is 5.97 Å². The number of hydrogen-bond acceptors (Lipinski definition) is 3. The summed E-state index contributed by atoms with van der Waals surface area (Å²) in [7, 11) is 1.82. The van der Waals surface area contributed by atoms with E-state index in [4.69, 9.17) is 5.11 Å². The van der Waals surface area contributed by atoms with Crippen molar-refractivity contribution in [3.63, 3.8) is 0 Å². The van der Waals surface area contributed by atoms with Crippen LogP contribution in [-0.4, -0.2) is 25.8 Å². The maximum atomic E-state index is 11.0. The van der Waals surface area contributed by atoms with Gasteiger partial charge in [0.2, 0.25) is 0 Å². The number of carboxylic acid groups (broad SMARTS) is 1. The van der Waals surface area contributed by atoms with Crippen molar-refractivity contribution in [1.82, 2.24) is 14.8 Å². The Kier molecular flexibility index (Phi) is 2.44. The summed E-state index contributed by atoms with van der Waals surface area (Å²) >= 11 is 0. The average molecular weight is 217 g/mol. The van der Waals surface area contributed by atoms with E-state index >= 15 is 0 Å². The minimum atomic E-state index is -1.03. The minimum absolute atomic E-state index is 0.0543. The van der Waals surface area contributed by atoms with E-state index in [2.05, 4.69) is 10.1 Å². The van der Waals surface area contributed by atoms with Crippen LogP contribution < -0.4 is 0 Å². The highest BCUT2D eigenvalue weighted by atomic mass is 16.4. The summed E-state index contributed by atoms with van der Waals surface area (Å²) in [5, 5.41) is 13.1. The zero-order chi connectivity index (χ0) is 11.7. The molecule has 16 heavy (non-hydrogen) atoms. The van der Waals surface area contributed by atoms with E-state index < -0.39 is 5.97 Å². The quantitative estimate of drug-likeness (QED) is 0.827. The van der Waals surface area contributed by atoms with E-state index in [1.807, 2.05) is 14.0 Å². The molecule has 0 radical (unpaired) electrons. The van der Waals surface area contributed by atoms with Gasteiger partial charge in [0.15, 0.2) is 5.69 Å². The summed E-state index contributed by atoms with van der Waals surface area (Å²) in [4.78, 5) is 14.9. The summed E-state index contributed by atoms with van der Waals surface area (Å²) in [5.74, 6) is -1.03. The molecule has 0 aliphatic heterocycles. The van der Waals surface area contributed by atoms with Gasteiger partial charge in [0.05, 0.1) is 6.20 Å². The lowest BCUT2D eigenvalue weighted by Crippen LogP contribution is -2.03. The number of aromatic carboxylic acids is 1. The molecule has 5 nitrogen and oxygen atoms in total. The fourth-order valence-corrected chi connectivity index (χ4v) is 1.56. The second kappa shape index (κ2) is 3.77. The Hall–Kier alpha value is -2.17. The van der Waals surface area contributed by atoms with Crippen LogP contribution in [0, 0.1) is 6.92 Å². The third-order valence-corrected chi connectivity index (χ3v) is 2.54. The zero-order valence-corrected chi connectivity index (χ0v) is 9.01. The van der Waals surface area contributed by atoms with Gasteiger partial charge in [-0.2, -0.15) is 5.10 Å². The first-order valence-corrected chi connectivity index (χ1v) is 4.78. The molecule has 0 fully saturated rings. The Balaban J connectivity index is 2.64. The lowest BCUT2D eigenvalue weighted by atomic mass is 10.1. The number of aromatic nitrogens is 3. The monoisotopic (exact) mass is 217 g/mol. The molecule has 0 bridgehead atoms. The topological polar surface area (TPSA) is 68.0 Å². The molecular weight excluding hydrogens is 206 g/mol. The van der Waals surface area contributed by atoms with Crippen LogP contribution in [0.4, 0.5) is 0 Å². The van der Waals surface area contributed by atoms with Crippen LogP contribution in [0.15, 0.2) is 24.5 Å². The standard InChI is InChI=1S/C11H11N3O2/c1-7-9(6-13-14(7)2)8-4-3-5-12-10(8)11(15)16/h3-6H,1-2H3,(H,15,16). The smallest absolute Gasteiger partial charge is 0.355 e. The molecule has 0 aliphatic rings. The maximum Gasteiger partial charge on any atom is 0.355 e. The van der Waals surface area contributed by atoms with Crippen LogP contribution in [0.3, 0.4) is 0 Å². The fourth-order valence-electron chi connectivity index (χ4n) is 1.56. The van der Waals surface area contributed by atoms with Crippen LogP contribution in [0.25, 0.3) is 11.1 Å². The van der Waals surface area contributed by atoms with E-state index in [-0.39, 0.29) is 5.69 Å². The molecule has 0 saturated heterocycles. The number of pyridine rings is 1. The minimum Gasteiger partial charge on any atom is -0.476 e. The number of rotatable bonds is 2. The average Bonchev–Trinajstić information content (AvgIpc) is 2.60. The van der Waals surface area contributed by atoms with E-state index in [0.717, 1.165) is 11.3 Å². The van der Waals surface area contributed by atoms with Crippen molar-refractivity contribution in [2.75, 3.05) is 0 Å². The molecule has 0 spiro atoms. The molecule has 2 heterocycles. The number of aryl methyl sites for hydroxylation is 1. The van der Waals surface area contributed by atoms with Gasteiger partial charge in [-0.25, -0.2) is 9.78 Å². The molecule has 2 aromatic rings. The van der Waals surface area contributed by atoms with Gasteiger partial charge in [-0.05, 0) is 13.0 Å². The molecule has 0 aromatic carbocycles. The molecule has 0 aliphatic carbocycles. The first kappa shape index (κ1) is 10.4. The van der Waals surface area contributed by atoms with Crippen LogP contribution in [0.5, 0.6) is 0 Å². The summed E-state index contributed by atoms with van der Waals surface area (Å²) in [6, 6.07) is 3.45. The van der Waals surface area contributed by atoms with Crippen molar-refractivity contribution in [1.29, 1.82) is 0 Å². The molecule has 1 N–H and O–H groups in total. The highest BCUT2D eigenvalue weighted by Gasteiger charge is 2.15. The summed E-state index contributed by atoms with van der Waals surface area (Å²) < 4.78 is 1.70. The zero-order valence-electron chi connectivity index (χ0n) is 9.01. The normalized spacial score (nSPS) is 10.4. The van der Waals surface area contributed by atoms with Gasteiger partial charge in [0, 0.05) is 30.1 Å². The van der Waals surface area contributed by atoms with Gasteiger partial charge in [0.25, 0.3) is 0 Å². The predicted molar refractivity (Wildman–Crippen MR) is 58.1 cm³/mol. The lowest BCUT2D eigenvalue weighted by molar-refractivity contribution is 0.0691. The van der Waals surface area contributed by atoms with Crippen molar-refractivity contribution in [2.45, 2.75) is 6.92 Å². The Bertz CT molecular complexity index is 546. The predicted octanol–water partition coefficient (Wildman–Crippen LogP) is 1.49. The van der Waals surface area contributed by atoms with Crippen LogP contribution >= 0.6 is 0 Å². The Morgan fingerprint density at radius 1 is 1.44 bits per heavy atom. The second-order valence-corrected chi connectivity index (χ2v) is 3.47. The number of carbonyl (C=O) groups is 1. The van der Waals surface area contributed by atoms with Crippen molar-refractivity contribution < 1.29 is 9.90 Å². The van der Waals surface area contributed by atoms with Gasteiger partial charge in [-0.15, -0.1) is 0 Å². The van der Waals surface area contributed by atoms with E-state index in [9.17, 15) is 4.79 Å². The molecule has 0 saturated carbocycles. The number of nitrogens with zero attached hydrogens (tertiary/aromatic N) is 3. The summed E-state index contributed by atoms with van der Waals surface area (Å²) in [6.07, 6.45) is 3.12. The number of carboxylic acids is 1. The fraction of sp³-hybridized carbons (Fsp3) is 0.182. The van der Waals surface area contributed by atoms with Gasteiger partial charge in [-0.3, -0.25) is 4.68 Å². The number of hydrogen-bond donors (Lipinski definition) is 1. The Morgan fingerprint density at radius 3 is 2.75 bits per heavy atom. The lowest BCUT2D eigenvalue weighted by Gasteiger charge is -2.03. The van der Waals surface area contributed by atoms with Crippen molar-refractivity contribution >= 4 is 5.97 Å². The van der Waals surface area contributed by atoms with Gasteiger partial charge in [-0.1, -0.05) is 6.07 Å². The SMILES string of the molecule is Cc1c(-c2cccnc2C(=O)O)cnn1C. The third kappa shape index (κ3) is 1.56. The van der Waals surface area contributed by atoms with Crippen LogP contribution in [0.2, 0.25) is 0 Å². The van der Waals surface area contributed by atoms with Gasteiger partial charge < -0.3 is 5.11 Å². The molecule has 0 amide bonds. The maximum absolute atomic E-state index is 11.0. The van der Waals surface area contributed by atoms with Crippen molar-refractivity contribution in [3.05, 3.63) is 35.9 Å². The molecular formula is C11H11N3O2.